The largest absolute Gasteiger partial charge is 0.497 e. The predicted octanol–water partition coefficient (Wildman–Crippen LogP) is 5.01. The molecule has 0 heterocycles. The molecule has 2 atom stereocenters. The quantitative estimate of drug-likeness (QED) is 0.817. The molecule has 2 aromatic rings. The van der Waals surface area contributed by atoms with Crippen molar-refractivity contribution in [3.05, 3.63) is 63.9 Å². The van der Waals surface area contributed by atoms with Crippen molar-refractivity contribution < 1.29 is 9.13 Å². The van der Waals surface area contributed by atoms with E-state index in [-0.39, 0.29) is 17.9 Å². The Morgan fingerprint density at radius 2 is 1.71 bits per heavy atom. The Morgan fingerprint density at radius 3 is 2.29 bits per heavy atom. The fourth-order valence-corrected chi connectivity index (χ4v) is 3.00. The van der Waals surface area contributed by atoms with Crippen molar-refractivity contribution >= 4 is 15.9 Å². The normalized spacial score (nSPS) is 13.8. The fraction of sp³-hybridized carbons (Fsp3) is 0.294. The predicted molar refractivity (Wildman–Crippen MR) is 87.1 cm³/mol. The third-order valence-corrected chi connectivity index (χ3v) is 4.23. The van der Waals surface area contributed by atoms with Crippen LogP contribution in [-0.4, -0.2) is 7.11 Å². The molecule has 2 nitrogen and oxygen atoms in total. The van der Waals surface area contributed by atoms with Gasteiger partial charge in [0.1, 0.15) is 11.6 Å². The first kappa shape index (κ1) is 16.0. The van der Waals surface area contributed by atoms with Gasteiger partial charge in [-0.15, -0.1) is 0 Å². The molecule has 2 unspecified atom stereocenters. The minimum atomic E-state index is -0.235. The number of ether oxygens (including phenoxy) is 1. The van der Waals surface area contributed by atoms with E-state index in [1.165, 1.54) is 17.7 Å². The third-order valence-electron chi connectivity index (χ3n) is 3.54. The van der Waals surface area contributed by atoms with Gasteiger partial charge in [-0.2, -0.15) is 0 Å². The van der Waals surface area contributed by atoms with E-state index in [0.717, 1.165) is 15.8 Å². The van der Waals surface area contributed by atoms with E-state index < -0.39 is 0 Å². The van der Waals surface area contributed by atoms with Crippen molar-refractivity contribution in [1.82, 2.24) is 5.32 Å². The Balaban J connectivity index is 2.08. The first-order valence-electron chi connectivity index (χ1n) is 6.86. The summed E-state index contributed by atoms with van der Waals surface area (Å²) in [5.41, 5.74) is 2.22. The van der Waals surface area contributed by atoms with Crippen molar-refractivity contribution in [3.8, 4) is 5.75 Å². The maximum Gasteiger partial charge on any atom is 0.124 e. The first-order chi connectivity index (χ1) is 10.0. The van der Waals surface area contributed by atoms with Crippen LogP contribution in [0, 0.1) is 5.82 Å². The smallest absolute Gasteiger partial charge is 0.124 e. The molecule has 0 spiro atoms. The number of hydrogen-bond acceptors (Lipinski definition) is 2. The molecule has 0 aliphatic rings. The topological polar surface area (TPSA) is 21.3 Å². The molecule has 0 radical (unpaired) electrons. The van der Waals surface area contributed by atoms with E-state index in [0.29, 0.717) is 0 Å². The Labute approximate surface area is 133 Å². The average molecular weight is 352 g/mol. The third kappa shape index (κ3) is 4.05. The number of methoxy groups -OCH3 is 1. The van der Waals surface area contributed by atoms with Gasteiger partial charge >= 0.3 is 0 Å². The van der Waals surface area contributed by atoms with Crippen LogP contribution in [0.1, 0.15) is 37.1 Å². The van der Waals surface area contributed by atoms with E-state index in [1.807, 2.05) is 24.3 Å². The molecule has 0 saturated carbocycles. The molecular weight excluding hydrogens is 333 g/mol. The van der Waals surface area contributed by atoms with Gasteiger partial charge in [0.25, 0.3) is 0 Å². The zero-order chi connectivity index (χ0) is 15.4. The number of halogens is 2. The molecule has 2 aromatic carbocycles. The Morgan fingerprint density at radius 1 is 1.05 bits per heavy atom. The first-order valence-corrected chi connectivity index (χ1v) is 7.65. The van der Waals surface area contributed by atoms with E-state index >= 15 is 0 Å². The lowest BCUT2D eigenvalue weighted by Crippen LogP contribution is -2.22. The summed E-state index contributed by atoms with van der Waals surface area (Å²) in [6.07, 6.45) is 0. The molecule has 0 bridgehead atoms. The summed E-state index contributed by atoms with van der Waals surface area (Å²) in [6.45, 7) is 4.17. The van der Waals surface area contributed by atoms with Crippen molar-refractivity contribution in [1.29, 1.82) is 0 Å². The molecule has 112 valence electrons. The van der Waals surface area contributed by atoms with Crippen LogP contribution >= 0.6 is 15.9 Å². The average Bonchev–Trinajstić information content (AvgIpc) is 2.47. The maximum absolute atomic E-state index is 13.1. The van der Waals surface area contributed by atoms with Gasteiger partial charge < -0.3 is 10.1 Å². The van der Waals surface area contributed by atoms with Crippen LogP contribution in [0.15, 0.2) is 46.9 Å². The van der Waals surface area contributed by atoms with Crippen LogP contribution in [0.2, 0.25) is 0 Å². The van der Waals surface area contributed by atoms with Crippen LogP contribution < -0.4 is 10.1 Å². The number of nitrogens with one attached hydrogen (secondary N) is 1. The molecule has 0 saturated heterocycles. The highest BCUT2D eigenvalue weighted by Gasteiger charge is 2.14. The van der Waals surface area contributed by atoms with E-state index in [4.69, 9.17) is 4.74 Å². The summed E-state index contributed by atoms with van der Waals surface area (Å²) in [4.78, 5) is 0. The summed E-state index contributed by atoms with van der Waals surface area (Å²) in [5, 5.41) is 3.52. The highest BCUT2D eigenvalue weighted by atomic mass is 79.9. The minimum absolute atomic E-state index is 0.108. The van der Waals surface area contributed by atoms with Crippen LogP contribution in [0.4, 0.5) is 4.39 Å². The van der Waals surface area contributed by atoms with E-state index in [1.54, 1.807) is 13.2 Å². The van der Waals surface area contributed by atoms with Crippen molar-refractivity contribution in [2.45, 2.75) is 25.9 Å². The molecule has 1 N–H and O–H groups in total. The van der Waals surface area contributed by atoms with Gasteiger partial charge in [0.05, 0.1) is 7.11 Å². The Kier molecular flexibility index (Phi) is 5.37. The fourth-order valence-electron chi connectivity index (χ4n) is 2.31. The van der Waals surface area contributed by atoms with Crippen molar-refractivity contribution in [3.63, 3.8) is 0 Å². The zero-order valence-corrected chi connectivity index (χ0v) is 13.9. The molecule has 0 aliphatic heterocycles. The molecule has 0 amide bonds. The molecule has 0 aromatic heterocycles. The van der Waals surface area contributed by atoms with Gasteiger partial charge in [-0.1, -0.05) is 34.1 Å². The van der Waals surface area contributed by atoms with Crippen molar-refractivity contribution in [2.24, 2.45) is 0 Å². The maximum atomic E-state index is 13.1. The summed E-state index contributed by atoms with van der Waals surface area (Å²) in [6, 6.07) is 13.1. The summed E-state index contributed by atoms with van der Waals surface area (Å²) in [5.74, 6) is 0.612. The van der Waals surface area contributed by atoms with Gasteiger partial charge in [-0.25, -0.2) is 4.39 Å². The van der Waals surface area contributed by atoms with Crippen LogP contribution in [0.25, 0.3) is 0 Å². The van der Waals surface area contributed by atoms with E-state index in [2.05, 4.69) is 35.1 Å². The van der Waals surface area contributed by atoms with Crippen molar-refractivity contribution in [2.75, 3.05) is 7.11 Å². The minimum Gasteiger partial charge on any atom is -0.497 e. The second-order valence-corrected chi connectivity index (χ2v) is 5.90. The van der Waals surface area contributed by atoms with Gasteiger partial charge in [-0.05, 0) is 49.2 Å². The molecular formula is C17H19BrFNO. The lowest BCUT2D eigenvalue weighted by Gasteiger charge is -2.22. The standard InChI is InChI=1S/C17H19BrFNO/c1-11(13-4-7-15(21-3)8-5-13)20-12(2)16-9-6-14(19)10-17(16)18/h4-12,20H,1-3H3. The Hall–Kier alpha value is -1.39. The highest BCUT2D eigenvalue weighted by Crippen LogP contribution is 2.27. The molecule has 0 fully saturated rings. The number of benzene rings is 2. The zero-order valence-electron chi connectivity index (χ0n) is 12.4. The number of hydrogen-bond donors (Lipinski definition) is 1. The lowest BCUT2D eigenvalue weighted by molar-refractivity contribution is 0.414. The monoisotopic (exact) mass is 351 g/mol. The van der Waals surface area contributed by atoms with Gasteiger partial charge in [-0.3, -0.25) is 0 Å². The van der Waals surface area contributed by atoms with Crippen LogP contribution in [0.3, 0.4) is 0 Å². The van der Waals surface area contributed by atoms with E-state index in [9.17, 15) is 4.39 Å². The summed E-state index contributed by atoms with van der Waals surface area (Å²) in [7, 11) is 1.66. The lowest BCUT2D eigenvalue weighted by atomic mass is 10.0. The molecule has 0 aliphatic carbocycles. The highest BCUT2D eigenvalue weighted by molar-refractivity contribution is 9.10. The van der Waals surface area contributed by atoms with Crippen LogP contribution in [0.5, 0.6) is 5.75 Å². The molecule has 2 rings (SSSR count). The SMILES string of the molecule is COc1ccc(C(C)NC(C)c2ccc(F)cc2Br)cc1. The molecule has 21 heavy (non-hydrogen) atoms. The summed E-state index contributed by atoms with van der Waals surface area (Å²) < 4.78 is 19.1. The Bertz CT molecular complexity index is 600. The number of rotatable bonds is 5. The van der Waals surface area contributed by atoms with Crippen LogP contribution in [-0.2, 0) is 0 Å². The van der Waals surface area contributed by atoms with Gasteiger partial charge in [0.2, 0.25) is 0 Å². The van der Waals surface area contributed by atoms with Gasteiger partial charge in [0, 0.05) is 16.6 Å². The molecule has 4 heteroatoms. The second-order valence-electron chi connectivity index (χ2n) is 5.05. The summed E-state index contributed by atoms with van der Waals surface area (Å²) >= 11 is 3.42. The second kappa shape index (κ2) is 7.05. The van der Waals surface area contributed by atoms with Gasteiger partial charge in [0.15, 0.2) is 0 Å².